The molecule has 0 radical (unpaired) electrons. The largest absolute Gasteiger partial charge is 0.493 e. The van der Waals surface area contributed by atoms with Crippen molar-refractivity contribution in [3.05, 3.63) is 35.4 Å². The van der Waals surface area contributed by atoms with Gasteiger partial charge in [-0.3, -0.25) is 0 Å². The lowest BCUT2D eigenvalue weighted by molar-refractivity contribution is 0.324. The normalized spacial score (nSPS) is 21.2. The van der Waals surface area contributed by atoms with Gasteiger partial charge in [0.15, 0.2) is 11.5 Å². The summed E-state index contributed by atoms with van der Waals surface area (Å²) in [4.78, 5) is 8.48. The van der Waals surface area contributed by atoms with Gasteiger partial charge in [-0.1, -0.05) is 17.7 Å². The molecule has 5 N–H and O–H groups in total. The third-order valence-corrected chi connectivity index (χ3v) is 4.80. The van der Waals surface area contributed by atoms with Gasteiger partial charge in [-0.2, -0.15) is 0 Å². The Labute approximate surface area is 158 Å². The van der Waals surface area contributed by atoms with Crippen LogP contribution in [0.4, 0.5) is 5.69 Å². The number of nitrogens with two attached hydrogens (primary N) is 2. The second-order valence-electron chi connectivity index (χ2n) is 6.33. The van der Waals surface area contributed by atoms with Crippen molar-refractivity contribution in [3.8, 4) is 17.2 Å². The molecule has 0 aromatic heterocycles. The molecule has 8 heteroatoms. The van der Waals surface area contributed by atoms with Crippen LogP contribution < -0.4 is 31.0 Å². The van der Waals surface area contributed by atoms with E-state index < -0.39 is 0 Å². The summed E-state index contributed by atoms with van der Waals surface area (Å²) in [6.07, 6.45) is 4.06. The van der Waals surface area contributed by atoms with Crippen molar-refractivity contribution in [1.29, 1.82) is 0 Å². The van der Waals surface area contributed by atoms with Crippen LogP contribution in [0.3, 0.4) is 0 Å². The number of amidine groups is 1. The number of nitrogens with zero attached hydrogens (tertiary/aromatic N) is 2. The van der Waals surface area contributed by atoms with Crippen LogP contribution in [0.15, 0.2) is 45.4 Å². The van der Waals surface area contributed by atoms with E-state index in [1.165, 1.54) is 0 Å². The summed E-state index contributed by atoms with van der Waals surface area (Å²) in [7, 11) is 4.76. The first-order valence-corrected chi connectivity index (χ1v) is 8.57. The number of rotatable bonds is 6. The SMILES string of the molecule is COc1cc(NCC2=C(C)C3C(N)=NC(N)=NC3C=C2)cc(OC)c1OC. The number of guanidine groups is 1. The number of aliphatic imine (C=N–C) groups is 2. The number of anilines is 1. The quantitative estimate of drug-likeness (QED) is 0.700. The zero-order valence-electron chi connectivity index (χ0n) is 15.9. The average molecular weight is 371 g/mol. The van der Waals surface area contributed by atoms with Gasteiger partial charge in [0.2, 0.25) is 11.7 Å². The van der Waals surface area contributed by atoms with E-state index in [0.29, 0.717) is 29.6 Å². The van der Waals surface area contributed by atoms with Gasteiger partial charge in [0.1, 0.15) is 5.84 Å². The Bertz CT molecular complexity index is 832. The number of hydrogen-bond donors (Lipinski definition) is 3. The molecule has 0 saturated heterocycles. The molecule has 0 spiro atoms. The zero-order chi connectivity index (χ0) is 19.6. The van der Waals surface area contributed by atoms with Gasteiger partial charge < -0.3 is 31.0 Å². The minimum Gasteiger partial charge on any atom is -0.493 e. The summed E-state index contributed by atoms with van der Waals surface area (Å²) in [5.41, 5.74) is 14.9. The molecule has 1 aliphatic heterocycles. The van der Waals surface area contributed by atoms with Crippen molar-refractivity contribution in [1.82, 2.24) is 0 Å². The highest BCUT2D eigenvalue weighted by atomic mass is 16.5. The number of fused-ring (bicyclic) bond motifs is 1. The van der Waals surface area contributed by atoms with Gasteiger partial charge in [-0.25, -0.2) is 9.98 Å². The van der Waals surface area contributed by atoms with E-state index in [0.717, 1.165) is 16.8 Å². The maximum Gasteiger partial charge on any atom is 0.217 e. The summed E-state index contributed by atoms with van der Waals surface area (Å²) in [6.45, 7) is 2.66. The first-order valence-electron chi connectivity index (χ1n) is 8.57. The Morgan fingerprint density at radius 3 is 2.33 bits per heavy atom. The van der Waals surface area contributed by atoms with Crippen LogP contribution in [-0.2, 0) is 0 Å². The van der Waals surface area contributed by atoms with Crippen molar-refractivity contribution in [2.45, 2.75) is 13.0 Å². The molecule has 0 amide bonds. The molecule has 0 fully saturated rings. The predicted molar refractivity (Wildman–Crippen MR) is 107 cm³/mol. The third-order valence-electron chi connectivity index (χ3n) is 4.80. The highest BCUT2D eigenvalue weighted by Gasteiger charge is 2.31. The molecule has 1 heterocycles. The fourth-order valence-electron chi connectivity index (χ4n) is 3.39. The summed E-state index contributed by atoms with van der Waals surface area (Å²) in [5.74, 6) is 2.42. The average Bonchev–Trinajstić information content (AvgIpc) is 2.65. The van der Waals surface area contributed by atoms with E-state index >= 15 is 0 Å². The lowest BCUT2D eigenvalue weighted by Gasteiger charge is -2.30. The highest BCUT2D eigenvalue weighted by Crippen LogP contribution is 2.40. The van der Waals surface area contributed by atoms with Crippen molar-refractivity contribution < 1.29 is 14.2 Å². The number of benzene rings is 1. The minimum atomic E-state index is -0.0903. The van der Waals surface area contributed by atoms with Crippen LogP contribution in [0, 0.1) is 5.92 Å². The monoisotopic (exact) mass is 371 g/mol. The van der Waals surface area contributed by atoms with Gasteiger partial charge in [-0.15, -0.1) is 0 Å². The van der Waals surface area contributed by atoms with Crippen LogP contribution in [0.2, 0.25) is 0 Å². The van der Waals surface area contributed by atoms with Crippen LogP contribution in [0.25, 0.3) is 0 Å². The molecule has 1 aromatic carbocycles. The van der Waals surface area contributed by atoms with Crippen LogP contribution in [0.1, 0.15) is 6.92 Å². The molecule has 8 nitrogen and oxygen atoms in total. The maximum absolute atomic E-state index is 6.10. The second kappa shape index (κ2) is 7.61. The fraction of sp³-hybridized carbons (Fsp3) is 0.368. The van der Waals surface area contributed by atoms with Crippen LogP contribution in [-0.4, -0.2) is 45.7 Å². The fourth-order valence-corrected chi connectivity index (χ4v) is 3.39. The van der Waals surface area contributed by atoms with E-state index in [1.807, 2.05) is 25.1 Å². The molecule has 2 unspecified atom stereocenters. The molecule has 1 aliphatic carbocycles. The lowest BCUT2D eigenvalue weighted by Crippen LogP contribution is -2.40. The number of ether oxygens (including phenoxy) is 3. The van der Waals surface area contributed by atoms with E-state index in [2.05, 4.69) is 21.4 Å². The van der Waals surface area contributed by atoms with Crippen molar-refractivity contribution in [2.75, 3.05) is 33.2 Å². The molecule has 2 atom stereocenters. The molecule has 144 valence electrons. The van der Waals surface area contributed by atoms with Crippen molar-refractivity contribution >= 4 is 17.5 Å². The smallest absolute Gasteiger partial charge is 0.217 e. The molecule has 0 bridgehead atoms. The molecule has 27 heavy (non-hydrogen) atoms. The number of nitrogens with one attached hydrogen (secondary N) is 1. The standard InChI is InChI=1S/C19H25N5O3/c1-10-11(5-6-13-16(10)18(20)24-19(21)23-13)9-22-12-7-14(25-2)17(27-4)15(8-12)26-3/h5-8,13,16,22H,9H2,1-4H3,(H4,20,21,23,24). The van der Waals surface area contributed by atoms with E-state index in [9.17, 15) is 0 Å². The lowest BCUT2D eigenvalue weighted by atomic mass is 9.83. The maximum atomic E-state index is 6.10. The molecular formula is C19H25N5O3. The molecule has 3 rings (SSSR count). The Morgan fingerprint density at radius 2 is 1.74 bits per heavy atom. The molecule has 1 aromatic rings. The molecular weight excluding hydrogens is 346 g/mol. The third kappa shape index (κ3) is 3.55. The van der Waals surface area contributed by atoms with Gasteiger partial charge in [-0.05, 0) is 12.5 Å². The van der Waals surface area contributed by atoms with E-state index in [-0.39, 0.29) is 17.9 Å². The Kier molecular flexibility index (Phi) is 5.25. The van der Waals surface area contributed by atoms with E-state index in [1.54, 1.807) is 21.3 Å². The summed E-state index contributed by atoms with van der Waals surface area (Å²) >= 11 is 0. The zero-order valence-corrected chi connectivity index (χ0v) is 15.9. The Balaban J connectivity index is 1.81. The molecule has 2 aliphatic rings. The number of methoxy groups -OCH3 is 3. The Morgan fingerprint density at radius 1 is 1.07 bits per heavy atom. The predicted octanol–water partition coefficient (Wildman–Crippen LogP) is 1.68. The van der Waals surface area contributed by atoms with Gasteiger partial charge in [0.05, 0.1) is 33.3 Å². The van der Waals surface area contributed by atoms with Gasteiger partial charge in [0, 0.05) is 24.4 Å². The number of hydrogen-bond acceptors (Lipinski definition) is 8. The second-order valence-corrected chi connectivity index (χ2v) is 6.33. The van der Waals surface area contributed by atoms with Crippen LogP contribution in [0.5, 0.6) is 17.2 Å². The van der Waals surface area contributed by atoms with E-state index in [4.69, 9.17) is 25.7 Å². The topological polar surface area (TPSA) is 116 Å². The summed E-state index contributed by atoms with van der Waals surface area (Å²) in [5, 5.41) is 3.40. The summed E-state index contributed by atoms with van der Waals surface area (Å²) in [6, 6.07) is 3.65. The van der Waals surface area contributed by atoms with Crippen molar-refractivity contribution in [2.24, 2.45) is 27.4 Å². The molecule has 0 saturated carbocycles. The Hall–Kier alpha value is -3.16. The first-order chi connectivity index (χ1) is 13.0. The van der Waals surface area contributed by atoms with Crippen molar-refractivity contribution in [3.63, 3.8) is 0 Å². The van der Waals surface area contributed by atoms with Gasteiger partial charge >= 0.3 is 0 Å². The minimum absolute atomic E-state index is 0.0564. The highest BCUT2D eigenvalue weighted by molar-refractivity contribution is 6.00. The van der Waals surface area contributed by atoms with Crippen LogP contribution >= 0.6 is 0 Å². The first kappa shape index (κ1) is 18.6. The van der Waals surface area contributed by atoms with Gasteiger partial charge in [0.25, 0.3) is 0 Å². The summed E-state index contributed by atoms with van der Waals surface area (Å²) < 4.78 is 16.2.